The van der Waals surface area contributed by atoms with E-state index >= 15 is 0 Å². The van der Waals surface area contributed by atoms with Gasteiger partial charge in [0.2, 0.25) is 0 Å². The Balaban J connectivity index is 1.79. The largest absolute Gasteiger partial charge is 0.486 e. The minimum absolute atomic E-state index is 0.0226. The summed E-state index contributed by atoms with van der Waals surface area (Å²) in [5.41, 5.74) is 0.903. The minimum Gasteiger partial charge on any atom is -0.486 e. The summed E-state index contributed by atoms with van der Waals surface area (Å²) in [6.07, 6.45) is 4.59. The Labute approximate surface area is 139 Å². The Morgan fingerprint density at radius 3 is 2.79 bits per heavy atom. The van der Waals surface area contributed by atoms with Crippen molar-refractivity contribution in [2.24, 2.45) is 0 Å². The molecule has 7 nitrogen and oxygen atoms in total. The first-order chi connectivity index (χ1) is 11.8. The van der Waals surface area contributed by atoms with E-state index in [0.717, 1.165) is 35.3 Å². The van der Waals surface area contributed by atoms with Crippen LogP contribution in [0.15, 0.2) is 36.7 Å². The van der Waals surface area contributed by atoms with Crippen LogP contribution < -0.4 is 9.47 Å². The third-order valence-corrected chi connectivity index (χ3v) is 4.04. The molecule has 0 amide bonds. The lowest BCUT2D eigenvalue weighted by Gasteiger charge is -2.20. The van der Waals surface area contributed by atoms with Gasteiger partial charge in [-0.2, -0.15) is 10.2 Å². The molecule has 1 aliphatic heterocycles. The number of ether oxygens (including phenoxy) is 2. The Hall–Kier alpha value is -2.83. The maximum Gasteiger partial charge on any atom is 0.163 e. The molecule has 0 saturated carbocycles. The highest BCUT2D eigenvalue weighted by atomic mass is 16.6. The molecule has 1 aliphatic rings. The summed E-state index contributed by atoms with van der Waals surface area (Å²) in [7, 11) is 0. The summed E-state index contributed by atoms with van der Waals surface area (Å²) in [5.74, 6) is 3.09. The zero-order chi connectivity index (χ0) is 16.5. The van der Waals surface area contributed by atoms with Gasteiger partial charge in [0, 0.05) is 18.5 Å². The highest BCUT2D eigenvalue weighted by Gasteiger charge is 2.22. The normalized spacial score (nSPS) is 14.6. The van der Waals surface area contributed by atoms with Crippen molar-refractivity contribution in [2.75, 3.05) is 13.2 Å². The SMILES string of the molecule is CC[C@@H](c1nc(C)nn1-c1ccc2c(c1)OCCO2)n1cccn1. The standard InChI is InChI=1S/C17H19N5O2/c1-3-14(21-8-4-7-18-21)17-19-12(2)20-22(17)13-5-6-15-16(11-13)24-10-9-23-15/h4-8,11,14H,3,9-10H2,1-2H3/t14-/m0/s1. The maximum atomic E-state index is 5.69. The Kier molecular flexibility index (Phi) is 3.68. The van der Waals surface area contributed by atoms with E-state index in [-0.39, 0.29) is 6.04 Å². The summed E-state index contributed by atoms with van der Waals surface area (Å²) in [6, 6.07) is 7.78. The molecule has 24 heavy (non-hydrogen) atoms. The predicted molar refractivity (Wildman–Crippen MR) is 87.7 cm³/mol. The van der Waals surface area contributed by atoms with Gasteiger partial charge in [-0.25, -0.2) is 9.67 Å². The van der Waals surface area contributed by atoms with Crippen LogP contribution in [0.5, 0.6) is 11.5 Å². The van der Waals surface area contributed by atoms with Crippen molar-refractivity contribution < 1.29 is 9.47 Å². The fourth-order valence-corrected chi connectivity index (χ4v) is 2.95. The van der Waals surface area contributed by atoms with Gasteiger partial charge >= 0.3 is 0 Å². The number of aryl methyl sites for hydroxylation is 1. The molecule has 0 fully saturated rings. The lowest BCUT2D eigenvalue weighted by Crippen LogP contribution is -2.17. The second-order valence-electron chi connectivity index (χ2n) is 5.67. The Morgan fingerprint density at radius 2 is 2.04 bits per heavy atom. The van der Waals surface area contributed by atoms with Gasteiger partial charge in [-0.3, -0.25) is 4.68 Å². The van der Waals surface area contributed by atoms with Crippen molar-refractivity contribution in [1.29, 1.82) is 0 Å². The molecule has 7 heteroatoms. The molecule has 1 atom stereocenters. The molecule has 4 rings (SSSR count). The average Bonchev–Trinajstić information content (AvgIpc) is 3.26. The number of fused-ring (bicyclic) bond motifs is 1. The molecule has 1 aromatic carbocycles. The lowest BCUT2D eigenvalue weighted by atomic mass is 10.2. The van der Waals surface area contributed by atoms with Crippen LogP contribution in [0.4, 0.5) is 0 Å². The monoisotopic (exact) mass is 325 g/mol. The summed E-state index contributed by atoms with van der Waals surface area (Å²) < 4.78 is 15.1. The van der Waals surface area contributed by atoms with Gasteiger partial charge in [-0.05, 0) is 31.5 Å². The van der Waals surface area contributed by atoms with Gasteiger partial charge in [0.15, 0.2) is 17.3 Å². The molecule has 2 aromatic heterocycles. The van der Waals surface area contributed by atoms with E-state index in [1.54, 1.807) is 6.20 Å². The van der Waals surface area contributed by atoms with E-state index < -0.39 is 0 Å². The molecule has 0 saturated heterocycles. The van der Waals surface area contributed by atoms with E-state index in [9.17, 15) is 0 Å². The predicted octanol–water partition coefficient (Wildman–Crippen LogP) is 2.54. The van der Waals surface area contributed by atoms with Crippen LogP contribution in [0.1, 0.15) is 31.0 Å². The van der Waals surface area contributed by atoms with E-state index in [4.69, 9.17) is 9.47 Å². The fourth-order valence-electron chi connectivity index (χ4n) is 2.95. The first-order valence-electron chi connectivity index (χ1n) is 8.09. The van der Waals surface area contributed by atoms with Crippen LogP contribution in [-0.4, -0.2) is 37.8 Å². The summed E-state index contributed by atoms with van der Waals surface area (Å²) >= 11 is 0. The Bertz CT molecular complexity index is 841. The molecule has 0 spiro atoms. The highest BCUT2D eigenvalue weighted by Crippen LogP contribution is 2.33. The third kappa shape index (κ3) is 2.51. The molecule has 3 aromatic rings. The molecule has 3 heterocycles. The lowest BCUT2D eigenvalue weighted by molar-refractivity contribution is 0.171. The van der Waals surface area contributed by atoms with Gasteiger partial charge in [0.05, 0.1) is 5.69 Å². The Morgan fingerprint density at radius 1 is 1.21 bits per heavy atom. The van der Waals surface area contributed by atoms with Crippen molar-refractivity contribution in [1.82, 2.24) is 24.5 Å². The first-order valence-corrected chi connectivity index (χ1v) is 8.09. The molecule has 0 N–H and O–H groups in total. The summed E-state index contributed by atoms with van der Waals surface area (Å²) in [5, 5.41) is 8.95. The van der Waals surface area contributed by atoms with Gasteiger partial charge in [-0.15, -0.1) is 0 Å². The quantitative estimate of drug-likeness (QED) is 0.737. The fraction of sp³-hybridized carbons (Fsp3) is 0.353. The molecule has 0 radical (unpaired) electrons. The molecule has 0 bridgehead atoms. The third-order valence-electron chi connectivity index (χ3n) is 4.04. The van der Waals surface area contributed by atoms with E-state index in [1.165, 1.54) is 0 Å². The van der Waals surface area contributed by atoms with Crippen LogP contribution in [0.3, 0.4) is 0 Å². The molecule has 0 aliphatic carbocycles. The van der Waals surface area contributed by atoms with Gasteiger partial charge in [0.1, 0.15) is 25.1 Å². The number of rotatable bonds is 4. The van der Waals surface area contributed by atoms with E-state index in [2.05, 4.69) is 22.1 Å². The van der Waals surface area contributed by atoms with Crippen molar-refractivity contribution in [3.05, 3.63) is 48.3 Å². The van der Waals surface area contributed by atoms with Crippen LogP contribution in [-0.2, 0) is 0 Å². The number of hydrogen-bond acceptors (Lipinski definition) is 5. The van der Waals surface area contributed by atoms with Crippen molar-refractivity contribution >= 4 is 0 Å². The highest BCUT2D eigenvalue weighted by molar-refractivity contribution is 5.49. The minimum atomic E-state index is 0.0226. The van der Waals surface area contributed by atoms with Crippen LogP contribution in [0.25, 0.3) is 5.69 Å². The van der Waals surface area contributed by atoms with Crippen LogP contribution in [0.2, 0.25) is 0 Å². The van der Waals surface area contributed by atoms with E-state index in [1.807, 2.05) is 46.7 Å². The summed E-state index contributed by atoms with van der Waals surface area (Å²) in [6.45, 7) is 5.15. The average molecular weight is 325 g/mol. The molecule has 0 unspecified atom stereocenters. The zero-order valence-corrected chi connectivity index (χ0v) is 13.7. The van der Waals surface area contributed by atoms with Gasteiger partial charge in [0.25, 0.3) is 0 Å². The number of hydrogen-bond donors (Lipinski definition) is 0. The van der Waals surface area contributed by atoms with E-state index in [0.29, 0.717) is 13.2 Å². The van der Waals surface area contributed by atoms with Crippen molar-refractivity contribution in [2.45, 2.75) is 26.3 Å². The molecular formula is C17H19N5O2. The smallest absolute Gasteiger partial charge is 0.163 e. The van der Waals surface area contributed by atoms with Gasteiger partial charge in [-0.1, -0.05) is 6.92 Å². The first kappa shape index (κ1) is 14.7. The topological polar surface area (TPSA) is 67.0 Å². The van der Waals surface area contributed by atoms with Crippen molar-refractivity contribution in [3.8, 4) is 17.2 Å². The maximum absolute atomic E-state index is 5.69. The van der Waals surface area contributed by atoms with Crippen LogP contribution in [0, 0.1) is 6.92 Å². The molecule has 124 valence electrons. The number of aromatic nitrogens is 5. The van der Waals surface area contributed by atoms with Crippen LogP contribution >= 0.6 is 0 Å². The molecular weight excluding hydrogens is 306 g/mol. The number of nitrogens with zero attached hydrogens (tertiary/aromatic N) is 5. The zero-order valence-electron chi connectivity index (χ0n) is 13.7. The summed E-state index contributed by atoms with van der Waals surface area (Å²) in [4.78, 5) is 4.65. The second-order valence-corrected chi connectivity index (χ2v) is 5.67. The van der Waals surface area contributed by atoms with Gasteiger partial charge < -0.3 is 9.47 Å². The van der Waals surface area contributed by atoms with Crippen molar-refractivity contribution in [3.63, 3.8) is 0 Å². The number of benzene rings is 1. The second kappa shape index (κ2) is 5.99.